The van der Waals surface area contributed by atoms with E-state index >= 15 is 0 Å². The summed E-state index contributed by atoms with van der Waals surface area (Å²) in [5.74, 6) is 0.747. The van der Waals surface area contributed by atoms with Gasteiger partial charge in [-0.05, 0) is 40.2 Å². The van der Waals surface area contributed by atoms with Crippen LogP contribution < -0.4 is 10.1 Å². The van der Waals surface area contributed by atoms with Crippen molar-refractivity contribution in [1.82, 2.24) is 24.9 Å². The lowest BCUT2D eigenvalue weighted by Crippen LogP contribution is -2.33. The lowest BCUT2D eigenvalue weighted by Gasteiger charge is -2.24. The highest BCUT2D eigenvalue weighted by Crippen LogP contribution is 2.38. The smallest absolute Gasteiger partial charge is 0.238 e. The second-order valence-electron chi connectivity index (χ2n) is 6.62. The van der Waals surface area contributed by atoms with E-state index in [1.54, 1.807) is 11.8 Å². The van der Waals surface area contributed by atoms with Gasteiger partial charge < -0.3 is 10.1 Å². The number of carbonyl (C=O) groups excluding carboxylic acids is 1. The van der Waals surface area contributed by atoms with Gasteiger partial charge in [0.25, 0.3) is 0 Å². The number of aromatic nitrogens is 4. The van der Waals surface area contributed by atoms with Crippen molar-refractivity contribution in [2.24, 2.45) is 7.05 Å². The first kappa shape index (κ1) is 17.5. The normalized spacial score (nSPS) is 17.9. The molecular weight excluding hydrogens is 320 g/mol. The Morgan fingerprint density at radius 2 is 2.12 bits per heavy atom. The minimum Gasteiger partial charge on any atom is -0.481 e. The molecule has 1 aliphatic heterocycles. The summed E-state index contributed by atoms with van der Waals surface area (Å²) < 4.78 is 7.30. The zero-order valence-corrected chi connectivity index (χ0v) is 15.5. The molecule has 0 bridgehead atoms. The highest BCUT2D eigenvalue weighted by Gasteiger charge is 2.33. The van der Waals surface area contributed by atoms with Crippen LogP contribution in [0.25, 0.3) is 0 Å². The van der Waals surface area contributed by atoms with Gasteiger partial charge in [-0.1, -0.05) is 0 Å². The average Bonchev–Trinajstić information content (AvgIpc) is 3.21. The fourth-order valence-corrected chi connectivity index (χ4v) is 3.72. The number of likely N-dealkylation sites (tertiary alicyclic amines) is 1. The summed E-state index contributed by atoms with van der Waals surface area (Å²) in [6.07, 6.45) is 2.05. The highest BCUT2D eigenvalue weighted by molar-refractivity contribution is 5.93. The number of nitrogens with zero attached hydrogens (tertiary/aromatic N) is 4. The van der Waals surface area contributed by atoms with Crippen LogP contribution in [-0.2, 0) is 11.8 Å². The van der Waals surface area contributed by atoms with Crippen molar-refractivity contribution >= 4 is 11.6 Å². The maximum atomic E-state index is 12.5. The van der Waals surface area contributed by atoms with Crippen molar-refractivity contribution in [3.63, 3.8) is 0 Å². The Bertz CT molecular complexity index is 759. The van der Waals surface area contributed by atoms with Crippen molar-refractivity contribution in [1.29, 1.82) is 0 Å². The number of ether oxygens (including phenoxy) is 1. The third-order valence-corrected chi connectivity index (χ3v) is 4.84. The van der Waals surface area contributed by atoms with E-state index in [2.05, 4.69) is 25.5 Å². The zero-order valence-electron chi connectivity index (χ0n) is 15.5. The van der Waals surface area contributed by atoms with Crippen LogP contribution in [0.3, 0.4) is 0 Å². The first-order valence-corrected chi connectivity index (χ1v) is 8.55. The van der Waals surface area contributed by atoms with E-state index in [4.69, 9.17) is 4.74 Å². The van der Waals surface area contributed by atoms with Crippen molar-refractivity contribution in [3.05, 3.63) is 22.6 Å². The van der Waals surface area contributed by atoms with E-state index in [-0.39, 0.29) is 11.9 Å². The second kappa shape index (κ2) is 6.87. The van der Waals surface area contributed by atoms with Gasteiger partial charge in [0.15, 0.2) is 0 Å². The van der Waals surface area contributed by atoms with Crippen molar-refractivity contribution < 1.29 is 9.53 Å². The van der Waals surface area contributed by atoms with Crippen molar-refractivity contribution in [2.45, 2.75) is 39.7 Å². The van der Waals surface area contributed by atoms with Gasteiger partial charge in [0.1, 0.15) is 0 Å². The Morgan fingerprint density at radius 3 is 2.76 bits per heavy atom. The molecule has 0 aliphatic carbocycles. The number of anilines is 1. The molecule has 1 amide bonds. The van der Waals surface area contributed by atoms with Gasteiger partial charge in [0.05, 0.1) is 42.0 Å². The van der Waals surface area contributed by atoms with Crippen molar-refractivity contribution in [2.75, 3.05) is 25.5 Å². The third kappa shape index (κ3) is 3.26. The molecule has 1 aliphatic rings. The molecule has 136 valence electrons. The summed E-state index contributed by atoms with van der Waals surface area (Å²) in [5, 5.41) is 14.5. The van der Waals surface area contributed by atoms with Crippen LogP contribution in [0.1, 0.15) is 41.5 Å². The molecule has 0 radical (unpaired) electrons. The Morgan fingerprint density at radius 1 is 1.36 bits per heavy atom. The number of amides is 1. The van der Waals surface area contributed by atoms with E-state index in [0.29, 0.717) is 6.54 Å². The summed E-state index contributed by atoms with van der Waals surface area (Å²) in [6.45, 7) is 7.00. The molecule has 2 N–H and O–H groups in total. The zero-order chi connectivity index (χ0) is 18.1. The van der Waals surface area contributed by atoms with E-state index in [9.17, 15) is 4.79 Å². The summed E-state index contributed by atoms with van der Waals surface area (Å²) in [5.41, 5.74) is 4.49. The van der Waals surface area contributed by atoms with Crippen LogP contribution in [-0.4, -0.2) is 51.0 Å². The predicted octanol–water partition coefficient (Wildman–Crippen LogP) is 1.85. The van der Waals surface area contributed by atoms with Gasteiger partial charge in [0, 0.05) is 13.1 Å². The van der Waals surface area contributed by atoms with Gasteiger partial charge in [-0.2, -0.15) is 10.2 Å². The molecule has 0 aromatic carbocycles. The number of methoxy groups -OCH3 is 1. The van der Waals surface area contributed by atoms with Gasteiger partial charge in [-0.25, -0.2) is 4.68 Å². The molecule has 1 fully saturated rings. The van der Waals surface area contributed by atoms with E-state index < -0.39 is 0 Å². The molecule has 1 atom stereocenters. The maximum Gasteiger partial charge on any atom is 0.238 e. The van der Waals surface area contributed by atoms with Crippen LogP contribution in [0.2, 0.25) is 0 Å². The molecule has 8 nitrogen and oxygen atoms in total. The van der Waals surface area contributed by atoms with Crippen LogP contribution >= 0.6 is 0 Å². The summed E-state index contributed by atoms with van der Waals surface area (Å²) in [6, 6.07) is 0.154. The van der Waals surface area contributed by atoms with E-state index in [0.717, 1.165) is 53.6 Å². The number of aromatic amines is 1. The molecule has 25 heavy (non-hydrogen) atoms. The van der Waals surface area contributed by atoms with Gasteiger partial charge in [-0.15, -0.1) is 0 Å². The molecule has 0 saturated carbocycles. The van der Waals surface area contributed by atoms with Gasteiger partial charge in [0.2, 0.25) is 11.8 Å². The van der Waals surface area contributed by atoms with Crippen LogP contribution in [0.15, 0.2) is 0 Å². The van der Waals surface area contributed by atoms with Crippen LogP contribution in [0, 0.1) is 20.8 Å². The summed E-state index contributed by atoms with van der Waals surface area (Å²) >= 11 is 0. The summed E-state index contributed by atoms with van der Waals surface area (Å²) in [7, 11) is 3.54. The van der Waals surface area contributed by atoms with Gasteiger partial charge in [-0.3, -0.25) is 14.8 Å². The Kier molecular flexibility index (Phi) is 4.80. The van der Waals surface area contributed by atoms with Gasteiger partial charge >= 0.3 is 0 Å². The molecule has 3 heterocycles. The minimum atomic E-state index is -0.0278. The van der Waals surface area contributed by atoms with Crippen LogP contribution in [0.4, 0.5) is 5.69 Å². The number of rotatable bonds is 5. The predicted molar refractivity (Wildman–Crippen MR) is 94.7 cm³/mol. The molecule has 2 aromatic rings. The molecule has 8 heteroatoms. The molecule has 2 aromatic heterocycles. The average molecular weight is 346 g/mol. The largest absolute Gasteiger partial charge is 0.481 e. The second-order valence-corrected chi connectivity index (χ2v) is 6.62. The first-order chi connectivity index (χ1) is 11.9. The Hall–Kier alpha value is -2.35. The fraction of sp³-hybridized carbons (Fsp3) is 0.588. The van der Waals surface area contributed by atoms with Crippen LogP contribution in [0.5, 0.6) is 5.88 Å². The topological polar surface area (TPSA) is 88.1 Å². The van der Waals surface area contributed by atoms with E-state index in [1.165, 1.54) is 0 Å². The number of hydrogen-bond acceptors (Lipinski definition) is 5. The molecule has 1 saturated heterocycles. The molecule has 3 rings (SSSR count). The number of H-pyrrole nitrogens is 1. The SMILES string of the molecule is COc1c(C2CCCN2CC(=O)Nc2c(C)n[nH]c2C)c(C)nn1C. The number of nitrogens with one attached hydrogen (secondary N) is 2. The number of hydrogen-bond donors (Lipinski definition) is 2. The highest BCUT2D eigenvalue weighted by atomic mass is 16.5. The lowest BCUT2D eigenvalue weighted by molar-refractivity contribution is -0.117. The fourth-order valence-electron chi connectivity index (χ4n) is 3.72. The maximum absolute atomic E-state index is 12.5. The Balaban J connectivity index is 1.75. The number of carbonyl (C=O) groups is 1. The van der Waals surface area contributed by atoms with E-state index in [1.807, 2.05) is 27.8 Å². The number of aryl methyl sites for hydroxylation is 4. The standard InChI is InChI=1S/C17H26N6O2/c1-10-15(17(25-5)22(4)21-10)13-7-6-8-23(13)9-14(24)18-16-11(2)19-20-12(16)3/h13H,6-9H2,1-5H3,(H,18,24)(H,19,20). The molecule has 0 spiro atoms. The minimum absolute atomic E-state index is 0.0278. The molecule has 1 unspecified atom stereocenters. The first-order valence-electron chi connectivity index (χ1n) is 8.55. The third-order valence-electron chi connectivity index (χ3n) is 4.84. The monoisotopic (exact) mass is 346 g/mol. The molecular formula is C17H26N6O2. The summed E-state index contributed by atoms with van der Waals surface area (Å²) in [4.78, 5) is 14.7. The quantitative estimate of drug-likeness (QED) is 0.863. The Labute approximate surface area is 147 Å². The lowest BCUT2D eigenvalue weighted by atomic mass is 10.1. The van der Waals surface area contributed by atoms with Crippen molar-refractivity contribution in [3.8, 4) is 5.88 Å².